The molecule has 0 aromatic heterocycles. The van der Waals surface area contributed by atoms with Crippen molar-refractivity contribution < 1.29 is 4.79 Å². The van der Waals surface area contributed by atoms with Gasteiger partial charge in [0.2, 0.25) is 13.3 Å². The van der Waals surface area contributed by atoms with Gasteiger partial charge in [-0.15, -0.1) is 0 Å². The topological polar surface area (TPSA) is 29.1 Å². The molecule has 0 aliphatic heterocycles. The molecule has 1 N–H and O–H groups in total. The lowest BCUT2D eigenvalue weighted by Gasteiger charge is -2.27. The van der Waals surface area contributed by atoms with Crippen molar-refractivity contribution >= 4 is 13.3 Å². The van der Waals surface area contributed by atoms with E-state index >= 15 is 0 Å². The van der Waals surface area contributed by atoms with Gasteiger partial charge in [0.15, 0.2) is 0 Å². The lowest BCUT2D eigenvalue weighted by Crippen LogP contribution is -2.33. The van der Waals surface area contributed by atoms with Crippen molar-refractivity contribution in [2.24, 2.45) is 11.3 Å². The largest absolute Gasteiger partial charge is 0.403 e. The Labute approximate surface area is 124 Å². The number of carbonyl (C=O) groups is 1. The normalized spacial score (nSPS) is 12.8. The van der Waals surface area contributed by atoms with Gasteiger partial charge in [-0.1, -0.05) is 57.4 Å². The minimum atomic E-state index is 0.0548. The van der Waals surface area contributed by atoms with Gasteiger partial charge in [-0.05, 0) is 37.2 Å². The number of aryl methyl sites for hydroxylation is 2. The zero-order valence-corrected chi connectivity index (χ0v) is 13.5. The number of hydrogen-bond acceptors (Lipinski definition) is 1. The van der Waals surface area contributed by atoms with Crippen molar-refractivity contribution in [1.82, 2.24) is 5.23 Å². The highest BCUT2D eigenvalue weighted by Gasteiger charge is 2.24. The van der Waals surface area contributed by atoms with E-state index in [4.69, 9.17) is 0 Å². The second-order valence-electron chi connectivity index (χ2n) is 6.55. The van der Waals surface area contributed by atoms with Gasteiger partial charge in [0, 0.05) is 5.92 Å². The van der Waals surface area contributed by atoms with E-state index in [0.29, 0.717) is 0 Å². The summed E-state index contributed by atoms with van der Waals surface area (Å²) in [6, 6.07) is 8.73. The molecule has 0 heterocycles. The van der Waals surface area contributed by atoms with Crippen LogP contribution in [0.1, 0.15) is 44.7 Å². The molecule has 0 aliphatic carbocycles. The zero-order chi connectivity index (χ0) is 15.2. The Hall–Kier alpha value is -1.25. The Kier molecular flexibility index (Phi) is 6.32. The number of carbonyl (C=O) groups excluding carboxylic acids is 1. The summed E-state index contributed by atoms with van der Waals surface area (Å²) >= 11 is 0. The van der Waals surface area contributed by atoms with Gasteiger partial charge in [0.05, 0.1) is 0 Å². The summed E-state index contributed by atoms with van der Waals surface area (Å²) in [5.74, 6) is 0.176. The lowest BCUT2D eigenvalue weighted by molar-refractivity contribution is -0.123. The van der Waals surface area contributed by atoms with Crippen molar-refractivity contribution in [1.29, 1.82) is 0 Å². The van der Waals surface area contributed by atoms with E-state index in [9.17, 15) is 4.79 Å². The average Bonchev–Trinajstić information content (AvgIpc) is 2.38. The predicted octanol–water partition coefficient (Wildman–Crippen LogP) is 3.76. The molecule has 0 spiro atoms. The van der Waals surface area contributed by atoms with E-state index in [0.717, 1.165) is 19.3 Å². The third-order valence-electron chi connectivity index (χ3n) is 3.80. The molecule has 3 heteroatoms. The molecule has 0 aliphatic rings. The maximum Gasteiger partial charge on any atom is 0.242 e. The van der Waals surface area contributed by atoms with Gasteiger partial charge < -0.3 is 5.23 Å². The number of amides is 1. The molecule has 20 heavy (non-hydrogen) atoms. The van der Waals surface area contributed by atoms with Crippen molar-refractivity contribution in [3.8, 4) is 0 Å². The van der Waals surface area contributed by atoms with Crippen LogP contribution in [0, 0.1) is 18.3 Å². The van der Waals surface area contributed by atoms with Crippen LogP contribution in [0.25, 0.3) is 0 Å². The second-order valence-corrected chi connectivity index (χ2v) is 6.55. The third-order valence-corrected chi connectivity index (χ3v) is 3.80. The van der Waals surface area contributed by atoms with Crippen molar-refractivity contribution in [3.63, 3.8) is 0 Å². The Morgan fingerprint density at radius 1 is 1.30 bits per heavy atom. The van der Waals surface area contributed by atoms with E-state index in [1.54, 1.807) is 7.41 Å². The van der Waals surface area contributed by atoms with Crippen LogP contribution in [0.2, 0.25) is 6.82 Å². The summed E-state index contributed by atoms with van der Waals surface area (Å²) in [4.78, 5) is 11.8. The molecule has 1 amide bonds. The molecular weight excluding hydrogens is 245 g/mol. The van der Waals surface area contributed by atoms with Crippen LogP contribution in [0.3, 0.4) is 0 Å². The maximum absolute atomic E-state index is 11.8. The van der Waals surface area contributed by atoms with Crippen LogP contribution in [0.15, 0.2) is 24.3 Å². The first kappa shape index (κ1) is 16.8. The highest BCUT2D eigenvalue weighted by atomic mass is 16.1. The average molecular weight is 272 g/mol. The fourth-order valence-corrected chi connectivity index (χ4v) is 2.55. The van der Waals surface area contributed by atoms with Gasteiger partial charge in [-0.2, -0.15) is 0 Å². The molecule has 2 nitrogen and oxygen atoms in total. The first-order valence-corrected chi connectivity index (χ1v) is 7.48. The van der Waals surface area contributed by atoms with E-state index in [1.165, 1.54) is 11.1 Å². The van der Waals surface area contributed by atoms with E-state index in [-0.39, 0.29) is 17.2 Å². The first-order valence-electron chi connectivity index (χ1n) is 7.48. The minimum absolute atomic E-state index is 0.0548. The minimum Gasteiger partial charge on any atom is -0.403 e. The molecule has 0 fully saturated rings. The standard InChI is InChI=1S/C17H27BNO/c1-13-6-8-15(9-7-13)10-11-17(3,4)12-14(2)16(20)19-18-5/h6-9,14H,10-12H2,1-5H3,(H,19,20). The van der Waals surface area contributed by atoms with Gasteiger partial charge in [-0.25, -0.2) is 0 Å². The van der Waals surface area contributed by atoms with E-state index in [1.807, 2.05) is 13.7 Å². The van der Waals surface area contributed by atoms with Gasteiger partial charge >= 0.3 is 0 Å². The van der Waals surface area contributed by atoms with Gasteiger partial charge in [0.1, 0.15) is 0 Å². The summed E-state index contributed by atoms with van der Waals surface area (Å²) < 4.78 is 0. The summed E-state index contributed by atoms with van der Waals surface area (Å²) in [6.07, 6.45) is 3.09. The monoisotopic (exact) mass is 272 g/mol. The highest BCUT2D eigenvalue weighted by Crippen LogP contribution is 2.30. The van der Waals surface area contributed by atoms with Gasteiger partial charge in [-0.3, -0.25) is 4.79 Å². The van der Waals surface area contributed by atoms with Crippen molar-refractivity contribution in [2.75, 3.05) is 0 Å². The Morgan fingerprint density at radius 3 is 2.45 bits per heavy atom. The quantitative estimate of drug-likeness (QED) is 0.752. The first-order chi connectivity index (χ1) is 9.34. The molecule has 1 rings (SSSR count). The summed E-state index contributed by atoms with van der Waals surface area (Å²) in [7, 11) is 1.71. The summed E-state index contributed by atoms with van der Waals surface area (Å²) in [5, 5.41) is 2.78. The third kappa shape index (κ3) is 5.81. The highest BCUT2D eigenvalue weighted by molar-refractivity contribution is 6.35. The molecule has 0 bridgehead atoms. The van der Waals surface area contributed by atoms with Crippen LogP contribution in [-0.2, 0) is 11.2 Å². The van der Waals surface area contributed by atoms with E-state index in [2.05, 4.69) is 50.3 Å². The zero-order valence-electron chi connectivity index (χ0n) is 13.5. The molecule has 0 saturated carbocycles. The molecule has 0 saturated heterocycles. The molecule has 1 aromatic rings. The summed E-state index contributed by atoms with van der Waals surface area (Å²) in [5.41, 5.74) is 2.85. The van der Waals surface area contributed by atoms with Crippen LogP contribution in [0.4, 0.5) is 0 Å². The van der Waals surface area contributed by atoms with Gasteiger partial charge in [0.25, 0.3) is 0 Å². The van der Waals surface area contributed by atoms with Crippen molar-refractivity contribution in [3.05, 3.63) is 35.4 Å². The fourth-order valence-electron chi connectivity index (χ4n) is 2.55. The van der Waals surface area contributed by atoms with Crippen LogP contribution in [0.5, 0.6) is 0 Å². The Morgan fingerprint density at radius 2 is 1.90 bits per heavy atom. The Bertz CT molecular complexity index is 425. The second kappa shape index (κ2) is 7.51. The smallest absolute Gasteiger partial charge is 0.242 e. The SMILES string of the molecule is C[B]NC(=O)C(C)CC(C)(C)CCc1ccc(C)cc1. The number of nitrogens with one attached hydrogen (secondary N) is 1. The van der Waals surface area contributed by atoms with E-state index < -0.39 is 0 Å². The predicted molar refractivity (Wildman–Crippen MR) is 86.8 cm³/mol. The Balaban J connectivity index is 2.48. The fraction of sp³-hybridized carbons (Fsp3) is 0.588. The number of rotatable bonds is 7. The number of hydrogen-bond donors (Lipinski definition) is 1. The molecule has 1 radical (unpaired) electrons. The molecule has 109 valence electrons. The number of benzene rings is 1. The molecule has 1 unspecified atom stereocenters. The maximum atomic E-state index is 11.8. The van der Waals surface area contributed by atoms with Crippen LogP contribution < -0.4 is 5.23 Å². The summed E-state index contributed by atoms with van der Waals surface area (Å²) in [6.45, 7) is 10.5. The molecule has 1 atom stereocenters. The van der Waals surface area contributed by atoms with Crippen molar-refractivity contribution in [2.45, 2.75) is 53.8 Å². The van der Waals surface area contributed by atoms with Crippen LogP contribution in [-0.4, -0.2) is 13.3 Å². The molecular formula is C17H27BNO. The lowest BCUT2D eigenvalue weighted by atomic mass is 9.78. The molecule has 1 aromatic carbocycles. The van der Waals surface area contributed by atoms with Crippen LogP contribution >= 0.6 is 0 Å².